The lowest BCUT2D eigenvalue weighted by molar-refractivity contribution is -0.139. The Kier molecular flexibility index (Phi) is 8.13. The number of anilines is 2. The van der Waals surface area contributed by atoms with Gasteiger partial charge in [-0.1, -0.05) is 31.2 Å². The van der Waals surface area contributed by atoms with Crippen molar-refractivity contribution in [1.82, 2.24) is 10.2 Å². The maximum absolute atomic E-state index is 12.8. The SMILES string of the molecule is CCCN1C(=O)N[C@@H](c2ccc(NC(=O)Nc3ccccc3OC)cc2)C(C(=O)OCC)=C1C. The fraction of sp³-hybridized carbons (Fsp3) is 0.320. The van der Waals surface area contributed by atoms with Gasteiger partial charge in [-0.2, -0.15) is 0 Å². The van der Waals surface area contributed by atoms with Crippen LogP contribution in [-0.4, -0.2) is 43.2 Å². The van der Waals surface area contributed by atoms with E-state index in [1.807, 2.05) is 13.0 Å². The summed E-state index contributed by atoms with van der Waals surface area (Å²) in [5.74, 6) is 0.0799. The molecule has 0 saturated carbocycles. The zero-order valence-electron chi connectivity index (χ0n) is 19.8. The molecule has 34 heavy (non-hydrogen) atoms. The first-order valence-corrected chi connectivity index (χ1v) is 11.2. The fourth-order valence-corrected chi connectivity index (χ4v) is 3.79. The average Bonchev–Trinajstić information content (AvgIpc) is 2.82. The van der Waals surface area contributed by atoms with Crippen LogP contribution >= 0.6 is 0 Å². The number of rotatable bonds is 8. The van der Waals surface area contributed by atoms with Crippen molar-refractivity contribution in [3.63, 3.8) is 0 Å². The van der Waals surface area contributed by atoms with Gasteiger partial charge in [0, 0.05) is 17.9 Å². The normalized spacial score (nSPS) is 15.5. The molecule has 0 bridgehead atoms. The highest BCUT2D eigenvalue weighted by atomic mass is 16.5. The Bertz CT molecular complexity index is 1080. The third kappa shape index (κ3) is 5.48. The molecule has 4 amide bonds. The van der Waals surface area contributed by atoms with Crippen LogP contribution < -0.4 is 20.7 Å². The first kappa shape index (κ1) is 24.6. The number of nitrogens with one attached hydrogen (secondary N) is 3. The number of para-hydroxylation sites is 2. The minimum Gasteiger partial charge on any atom is -0.495 e. The number of hydrogen-bond donors (Lipinski definition) is 3. The van der Waals surface area contributed by atoms with Gasteiger partial charge in [0.1, 0.15) is 5.75 Å². The van der Waals surface area contributed by atoms with Gasteiger partial charge in [-0.15, -0.1) is 0 Å². The highest BCUT2D eigenvalue weighted by molar-refractivity contribution is 6.00. The molecule has 0 saturated heterocycles. The van der Waals surface area contributed by atoms with E-state index in [9.17, 15) is 14.4 Å². The van der Waals surface area contributed by atoms with E-state index in [0.717, 1.165) is 6.42 Å². The summed E-state index contributed by atoms with van der Waals surface area (Å²) in [6.07, 6.45) is 0.753. The van der Waals surface area contributed by atoms with E-state index < -0.39 is 18.0 Å². The molecule has 3 rings (SSSR count). The number of ether oxygens (including phenoxy) is 2. The Morgan fingerprint density at radius 1 is 1.06 bits per heavy atom. The molecule has 180 valence electrons. The molecule has 1 heterocycles. The summed E-state index contributed by atoms with van der Waals surface area (Å²) in [6.45, 7) is 6.19. The molecular formula is C25H30N4O5. The van der Waals surface area contributed by atoms with Crippen molar-refractivity contribution in [3.05, 3.63) is 65.4 Å². The Balaban J connectivity index is 1.79. The predicted molar refractivity (Wildman–Crippen MR) is 130 cm³/mol. The zero-order chi connectivity index (χ0) is 24.7. The highest BCUT2D eigenvalue weighted by Gasteiger charge is 2.36. The zero-order valence-corrected chi connectivity index (χ0v) is 19.8. The van der Waals surface area contributed by atoms with Crippen LogP contribution in [0.3, 0.4) is 0 Å². The van der Waals surface area contributed by atoms with Gasteiger partial charge in [0.05, 0.1) is 31.0 Å². The summed E-state index contributed by atoms with van der Waals surface area (Å²) in [5.41, 5.74) is 2.75. The topological polar surface area (TPSA) is 109 Å². The number of nitrogens with zero attached hydrogens (tertiary/aromatic N) is 1. The molecule has 2 aromatic rings. The number of methoxy groups -OCH3 is 1. The molecule has 0 fully saturated rings. The van der Waals surface area contributed by atoms with Gasteiger partial charge in [-0.3, -0.25) is 4.90 Å². The van der Waals surface area contributed by atoms with Gasteiger partial charge in [-0.05, 0) is 50.1 Å². The smallest absolute Gasteiger partial charge is 0.338 e. The Labute approximate surface area is 199 Å². The van der Waals surface area contributed by atoms with Crippen LogP contribution in [0.25, 0.3) is 0 Å². The second-order valence-electron chi connectivity index (χ2n) is 7.66. The third-order valence-corrected chi connectivity index (χ3v) is 5.40. The Morgan fingerprint density at radius 3 is 2.41 bits per heavy atom. The Morgan fingerprint density at radius 2 is 1.76 bits per heavy atom. The number of urea groups is 2. The van der Waals surface area contributed by atoms with E-state index in [-0.39, 0.29) is 12.6 Å². The summed E-state index contributed by atoms with van der Waals surface area (Å²) in [5, 5.41) is 8.42. The van der Waals surface area contributed by atoms with E-state index >= 15 is 0 Å². The van der Waals surface area contributed by atoms with Crippen LogP contribution in [0, 0.1) is 0 Å². The van der Waals surface area contributed by atoms with Crippen LogP contribution in [-0.2, 0) is 9.53 Å². The second-order valence-corrected chi connectivity index (χ2v) is 7.66. The molecule has 1 aliphatic rings. The van der Waals surface area contributed by atoms with Crippen molar-refractivity contribution in [2.75, 3.05) is 30.9 Å². The van der Waals surface area contributed by atoms with Crippen LogP contribution in [0.1, 0.15) is 38.8 Å². The Hall–Kier alpha value is -4.01. The molecule has 0 aliphatic carbocycles. The van der Waals surface area contributed by atoms with Gasteiger partial charge in [-0.25, -0.2) is 14.4 Å². The molecular weight excluding hydrogens is 436 g/mol. The standard InChI is InChI=1S/C25H30N4O5/c1-5-15-29-16(3)21(23(30)34-6-2)22(28-25(29)32)17-11-13-18(14-12-17)26-24(31)27-19-9-7-8-10-20(19)33-4/h7-14,22H,5-6,15H2,1-4H3,(H,28,32)(H2,26,27,31)/t22-/m0/s1. The first-order valence-electron chi connectivity index (χ1n) is 11.2. The van der Waals surface area contributed by atoms with Gasteiger partial charge >= 0.3 is 18.0 Å². The largest absolute Gasteiger partial charge is 0.495 e. The molecule has 0 unspecified atom stereocenters. The van der Waals surface area contributed by atoms with Crippen molar-refractivity contribution in [2.24, 2.45) is 0 Å². The predicted octanol–water partition coefficient (Wildman–Crippen LogP) is 4.65. The van der Waals surface area contributed by atoms with Crippen molar-refractivity contribution < 1.29 is 23.9 Å². The van der Waals surface area contributed by atoms with E-state index in [4.69, 9.17) is 9.47 Å². The molecule has 3 N–H and O–H groups in total. The highest BCUT2D eigenvalue weighted by Crippen LogP contribution is 2.32. The number of hydrogen-bond acceptors (Lipinski definition) is 5. The summed E-state index contributed by atoms with van der Waals surface area (Å²) < 4.78 is 10.5. The minimum absolute atomic E-state index is 0.230. The maximum Gasteiger partial charge on any atom is 0.338 e. The molecule has 1 atom stereocenters. The lowest BCUT2D eigenvalue weighted by atomic mass is 9.94. The van der Waals surface area contributed by atoms with Crippen molar-refractivity contribution in [3.8, 4) is 5.75 Å². The van der Waals surface area contributed by atoms with Gasteiger partial charge in [0.25, 0.3) is 0 Å². The number of esters is 1. The van der Waals surface area contributed by atoms with Crippen LogP contribution in [0.4, 0.5) is 21.0 Å². The summed E-state index contributed by atoms with van der Waals surface area (Å²) >= 11 is 0. The summed E-state index contributed by atoms with van der Waals surface area (Å²) in [4.78, 5) is 39.4. The van der Waals surface area contributed by atoms with Crippen LogP contribution in [0.2, 0.25) is 0 Å². The van der Waals surface area contributed by atoms with Crippen LogP contribution in [0.5, 0.6) is 5.75 Å². The quantitative estimate of drug-likeness (QED) is 0.491. The molecule has 0 spiro atoms. The average molecular weight is 467 g/mol. The van der Waals surface area contributed by atoms with Crippen LogP contribution in [0.15, 0.2) is 59.8 Å². The molecule has 0 aromatic heterocycles. The molecule has 0 radical (unpaired) electrons. The van der Waals surface area contributed by atoms with E-state index in [1.54, 1.807) is 61.2 Å². The first-order chi connectivity index (χ1) is 16.4. The summed E-state index contributed by atoms with van der Waals surface area (Å²) in [6, 6.07) is 12.7. The molecule has 2 aromatic carbocycles. The number of allylic oxidation sites excluding steroid dienone is 1. The van der Waals surface area contributed by atoms with Crippen molar-refractivity contribution in [1.29, 1.82) is 0 Å². The number of carbonyl (C=O) groups is 3. The lowest BCUT2D eigenvalue weighted by Crippen LogP contribution is -2.48. The molecule has 9 nitrogen and oxygen atoms in total. The van der Waals surface area contributed by atoms with E-state index in [0.29, 0.717) is 40.5 Å². The van der Waals surface area contributed by atoms with Crippen molar-refractivity contribution in [2.45, 2.75) is 33.2 Å². The van der Waals surface area contributed by atoms with E-state index in [2.05, 4.69) is 16.0 Å². The van der Waals surface area contributed by atoms with Gasteiger partial charge < -0.3 is 25.4 Å². The monoisotopic (exact) mass is 466 g/mol. The molecule has 1 aliphatic heterocycles. The maximum atomic E-state index is 12.8. The van der Waals surface area contributed by atoms with E-state index in [1.165, 1.54) is 7.11 Å². The van der Waals surface area contributed by atoms with Crippen molar-refractivity contribution >= 4 is 29.4 Å². The fourth-order valence-electron chi connectivity index (χ4n) is 3.79. The third-order valence-electron chi connectivity index (χ3n) is 5.40. The minimum atomic E-state index is -0.656. The molecule has 9 heteroatoms. The number of carbonyl (C=O) groups excluding carboxylic acids is 3. The second kappa shape index (κ2) is 11.2. The number of amides is 4. The van der Waals surface area contributed by atoms with Gasteiger partial charge in [0.15, 0.2) is 0 Å². The lowest BCUT2D eigenvalue weighted by Gasteiger charge is -2.35. The summed E-state index contributed by atoms with van der Waals surface area (Å²) in [7, 11) is 1.53. The number of benzene rings is 2. The van der Waals surface area contributed by atoms with Gasteiger partial charge in [0.2, 0.25) is 0 Å².